The monoisotopic (exact) mass is 221 g/mol. The maximum atomic E-state index is 9.16. The van der Waals surface area contributed by atoms with Gasteiger partial charge in [-0.05, 0) is 29.9 Å². The van der Waals surface area contributed by atoms with Gasteiger partial charge in [0.05, 0.1) is 6.61 Å². The number of rotatable bonds is 3. The molecule has 0 heterocycles. The third kappa shape index (κ3) is 3.62. The lowest BCUT2D eigenvalue weighted by atomic mass is 9.84. The van der Waals surface area contributed by atoms with E-state index in [1.165, 1.54) is 11.1 Å². The number of benzene rings is 1. The molecule has 1 aromatic carbocycles. The molecule has 2 nitrogen and oxygen atoms in total. The fourth-order valence-electron chi connectivity index (χ4n) is 1.67. The van der Waals surface area contributed by atoms with Crippen LogP contribution in [0.1, 0.15) is 38.8 Å². The van der Waals surface area contributed by atoms with Crippen LogP contribution >= 0.6 is 0 Å². The molecule has 1 aromatic rings. The number of hydrogen-bond acceptors (Lipinski definition) is 2. The Morgan fingerprint density at radius 1 is 1.19 bits per heavy atom. The standard InChI is InChI=1S/C14H23NO/c1-13(2,3)12-7-5-6-11(8-12)9-14(4,15)10-16/h5-8,16H,9-10,15H2,1-4H3. The smallest absolute Gasteiger partial charge is 0.0611 e. The highest BCUT2D eigenvalue weighted by Crippen LogP contribution is 2.23. The van der Waals surface area contributed by atoms with Crippen LogP contribution in [0.2, 0.25) is 0 Å². The molecule has 16 heavy (non-hydrogen) atoms. The fourth-order valence-corrected chi connectivity index (χ4v) is 1.67. The Morgan fingerprint density at radius 3 is 2.31 bits per heavy atom. The first-order chi connectivity index (χ1) is 7.24. The number of aliphatic hydroxyl groups excluding tert-OH is 1. The summed E-state index contributed by atoms with van der Waals surface area (Å²) < 4.78 is 0. The van der Waals surface area contributed by atoms with E-state index < -0.39 is 5.54 Å². The SMILES string of the molecule is CC(N)(CO)Cc1cccc(C(C)(C)C)c1. The second kappa shape index (κ2) is 4.56. The molecule has 0 aromatic heterocycles. The van der Waals surface area contributed by atoms with Crippen LogP contribution in [-0.4, -0.2) is 17.3 Å². The lowest BCUT2D eigenvalue weighted by Gasteiger charge is -2.24. The molecule has 0 saturated heterocycles. The van der Waals surface area contributed by atoms with Crippen molar-refractivity contribution in [3.8, 4) is 0 Å². The van der Waals surface area contributed by atoms with Gasteiger partial charge in [0.15, 0.2) is 0 Å². The summed E-state index contributed by atoms with van der Waals surface area (Å²) >= 11 is 0. The molecular weight excluding hydrogens is 198 g/mol. The second-order valence-electron chi connectivity index (χ2n) is 5.94. The Morgan fingerprint density at radius 2 is 1.81 bits per heavy atom. The molecule has 3 N–H and O–H groups in total. The third-order valence-electron chi connectivity index (χ3n) is 2.76. The van der Waals surface area contributed by atoms with Crippen LogP contribution in [0, 0.1) is 0 Å². The number of hydrogen-bond donors (Lipinski definition) is 2. The molecule has 0 saturated carbocycles. The molecule has 0 spiro atoms. The normalized spacial score (nSPS) is 15.9. The molecule has 1 atom stereocenters. The van der Waals surface area contributed by atoms with Crippen molar-refractivity contribution >= 4 is 0 Å². The zero-order valence-electron chi connectivity index (χ0n) is 10.7. The van der Waals surface area contributed by atoms with Gasteiger partial charge in [0.1, 0.15) is 0 Å². The molecule has 0 radical (unpaired) electrons. The van der Waals surface area contributed by atoms with Gasteiger partial charge >= 0.3 is 0 Å². The van der Waals surface area contributed by atoms with E-state index in [4.69, 9.17) is 10.8 Å². The molecule has 1 rings (SSSR count). The number of aliphatic hydroxyl groups is 1. The highest BCUT2D eigenvalue weighted by Gasteiger charge is 2.19. The lowest BCUT2D eigenvalue weighted by molar-refractivity contribution is 0.208. The van der Waals surface area contributed by atoms with Gasteiger partial charge in [-0.3, -0.25) is 0 Å². The van der Waals surface area contributed by atoms with E-state index in [0.717, 1.165) is 0 Å². The van der Waals surface area contributed by atoms with Crippen molar-refractivity contribution in [2.45, 2.75) is 45.1 Å². The van der Waals surface area contributed by atoms with Gasteiger partial charge in [-0.25, -0.2) is 0 Å². The minimum absolute atomic E-state index is 0.00669. The second-order valence-corrected chi connectivity index (χ2v) is 5.94. The van der Waals surface area contributed by atoms with Crippen LogP contribution in [0.3, 0.4) is 0 Å². The van der Waals surface area contributed by atoms with Crippen molar-refractivity contribution < 1.29 is 5.11 Å². The largest absolute Gasteiger partial charge is 0.394 e. The molecule has 1 unspecified atom stereocenters. The molecule has 0 aliphatic rings. The van der Waals surface area contributed by atoms with E-state index in [0.29, 0.717) is 6.42 Å². The van der Waals surface area contributed by atoms with Gasteiger partial charge in [0.25, 0.3) is 0 Å². The molecule has 0 bridgehead atoms. The van der Waals surface area contributed by atoms with Crippen molar-refractivity contribution in [2.75, 3.05) is 6.61 Å². The van der Waals surface area contributed by atoms with Gasteiger partial charge in [-0.1, -0.05) is 45.0 Å². The van der Waals surface area contributed by atoms with E-state index in [-0.39, 0.29) is 12.0 Å². The van der Waals surface area contributed by atoms with Crippen molar-refractivity contribution in [1.29, 1.82) is 0 Å². The van der Waals surface area contributed by atoms with Gasteiger partial charge in [-0.2, -0.15) is 0 Å². The van der Waals surface area contributed by atoms with Crippen molar-refractivity contribution in [2.24, 2.45) is 5.73 Å². The van der Waals surface area contributed by atoms with E-state index in [9.17, 15) is 0 Å². The summed E-state index contributed by atoms with van der Waals surface area (Å²) in [5.74, 6) is 0. The Kier molecular flexibility index (Phi) is 3.76. The van der Waals surface area contributed by atoms with E-state index >= 15 is 0 Å². The Hall–Kier alpha value is -0.860. The average molecular weight is 221 g/mol. The first-order valence-electron chi connectivity index (χ1n) is 5.74. The van der Waals surface area contributed by atoms with Crippen molar-refractivity contribution in [1.82, 2.24) is 0 Å². The van der Waals surface area contributed by atoms with Crippen LogP contribution in [0.25, 0.3) is 0 Å². The first kappa shape index (κ1) is 13.2. The topological polar surface area (TPSA) is 46.2 Å². The predicted octanol–water partition coefficient (Wildman–Crippen LogP) is 2.24. The summed E-state index contributed by atoms with van der Waals surface area (Å²) in [5, 5.41) is 9.16. The molecule has 0 amide bonds. The van der Waals surface area contributed by atoms with Crippen molar-refractivity contribution in [3.63, 3.8) is 0 Å². The Bertz CT molecular complexity index is 350. The van der Waals surface area contributed by atoms with Gasteiger partial charge in [-0.15, -0.1) is 0 Å². The maximum Gasteiger partial charge on any atom is 0.0611 e. The molecule has 0 aliphatic carbocycles. The summed E-state index contributed by atoms with van der Waals surface area (Å²) in [4.78, 5) is 0. The van der Waals surface area contributed by atoms with E-state index in [2.05, 4.69) is 45.0 Å². The average Bonchev–Trinajstić information content (AvgIpc) is 2.16. The zero-order chi connectivity index (χ0) is 12.4. The highest BCUT2D eigenvalue weighted by molar-refractivity contribution is 5.29. The van der Waals surface area contributed by atoms with E-state index in [1.54, 1.807) is 0 Å². The third-order valence-corrected chi connectivity index (χ3v) is 2.76. The van der Waals surface area contributed by atoms with Crippen LogP contribution < -0.4 is 5.73 Å². The summed E-state index contributed by atoms with van der Waals surface area (Å²) in [6.07, 6.45) is 0.702. The lowest BCUT2D eigenvalue weighted by Crippen LogP contribution is -2.42. The summed E-state index contributed by atoms with van der Waals surface area (Å²) in [5.41, 5.74) is 8.07. The molecule has 2 heteroatoms. The van der Waals surface area contributed by atoms with Gasteiger partial charge < -0.3 is 10.8 Å². The molecule has 90 valence electrons. The quantitative estimate of drug-likeness (QED) is 0.822. The molecule has 0 fully saturated rings. The maximum absolute atomic E-state index is 9.16. The highest BCUT2D eigenvalue weighted by atomic mass is 16.3. The minimum atomic E-state index is -0.531. The number of nitrogens with two attached hydrogens (primary N) is 1. The fraction of sp³-hybridized carbons (Fsp3) is 0.571. The van der Waals surface area contributed by atoms with Crippen LogP contribution in [0.4, 0.5) is 0 Å². The first-order valence-corrected chi connectivity index (χ1v) is 5.74. The predicted molar refractivity (Wildman–Crippen MR) is 68.5 cm³/mol. The van der Waals surface area contributed by atoms with Crippen molar-refractivity contribution in [3.05, 3.63) is 35.4 Å². The van der Waals surface area contributed by atoms with Crippen LogP contribution in [0.5, 0.6) is 0 Å². The van der Waals surface area contributed by atoms with Gasteiger partial charge in [0, 0.05) is 5.54 Å². The van der Waals surface area contributed by atoms with Crippen LogP contribution in [0.15, 0.2) is 24.3 Å². The summed E-state index contributed by atoms with van der Waals surface area (Å²) in [6, 6.07) is 8.44. The Balaban J connectivity index is 2.92. The Labute approximate surface area is 98.5 Å². The van der Waals surface area contributed by atoms with Crippen LogP contribution in [-0.2, 0) is 11.8 Å². The van der Waals surface area contributed by atoms with E-state index in [1.807, 2.05) is 6.92 Å². The zero-order valence-corrected chi connectivity index (χ0v) is 10.7. The summed E-state index contributed by atoms with van der Waals surface area (Å²) in [7, 11) is 0. The molecular formula is C14H23NO. The van der Waals surface area contributed by atoms with Gasteiger partial charge in [0.2, 0.25) is 0 Å². The minimum Gasteiger partial charge on any atom is -0.394 e. The molecule has 0 aliphatic heterocycles. The summed E-state index contributed by atoms with van der Waals surface area (Å²) in [6.45, 7) is 8.46.